The minimum Gasteiger partial charge on any atom is -0.491 e. The number of halogens is 3. The normalized spacial score (nSPS) is 17.2. The largest absolute Gasteiger partial charge is 0.491 e. The van der Waals surface area contributed by atoms with Gasteiger partial charge in [0.1, 0.15) is 18.5 Å². The number of hydrogen-bond acceptors (Lipinski definition) is 4. The molecule has 1 aliphatic carbocycles. The molecule has 170 valence electrons. The van der Waals surface area contributed by atoms with Gasteiger partial charge in [-0.2, -0.15) is 13.2 Å². The third kappa shape index (κ3) is 7.68. The minimum atomic E-state index is -4.43. The van der Waals surface area contributed by atoms with Gasteiger partial charge in [-0.15, -0.1) is 0 Å². The van der Waals surface area contributed by atoms with Crippen LogP contribution in [0.5, 0.6) is 5.75 Å². The molecule has 9 heteroatoms. The van der Waals surface area contributed by atoms with E-state index in [0.29, 0.717) is 25.7 Å². The molecule has 0 aliphatic heterocycles. The van der Waals surface area contributed by atoms with Crippen molar-refractivity contribution in [1.29, 1.82) is 0 Å². The summed E-state index contributed by atoms with van der Waals surface area (Å²) in [6.07, 6.45) is -0.902. The van der Waals surface area contributed by atoms with E-state index >= 15 is 0 Å². The van der Waals surface area contributed by atoms with Crippen LogP contribution in [-0.4, -0.2) is 57.1 Å². The van der Waals surface area contributed by atoms with Crippen LogP contribution in [0.3, 0.4) is 0 Å². The highest BCUT2D eigenvalue weighted by molar-refractivity contribution is 5.79. The van der Waals surface area contributed by atoms with E-state index in [0.717, 1.165) is 31.4 Å². The molecule has 1 aliphatic rings. The smallest absolute Gasteiger partial charge is 0.416 e. The standard InChI is InChI=1S/C21H32F3N3O3/c1-3-25-19(27-15-20(8-5-9-20)10-11-29-2)26-13-17(28)14-30-18-7-4-6-16(12-18)21(22,23)24/h4,6-7,12,17,28H,3,5,8-11,13-15H2,1-2H3,(H2,25,26,27). The molecular formula is C21H32F3N3O3. The molecule has 1 unspecified atom stereocenters. The van der Waals surface area contributed by atoms with E-state index in [-0.39, 0.29) is 24.3 Å². The fraction of sp³-hybridized carbons (Fsp3) is 0.667. The first kappa shape index (κ1) is 24.3. The molecule has 2 rings (SSSR count). The van der Waals surface area contributed by atoms with Gasteiger partial charge in [0.2, 0.25) is 0 Å². The lowest BCUT2D eigenvalue weighted by molar-refractivity contribution is -0.137. The number of guanidine groups is 1. The van der Waals surface area contributed by atoms with Gasteiger partial charge in [0.05, 0.1) is 5.56 Å². The number of aliphatic hydroxyl groups is 1. The molecule has 3 N–H and O–H groups in total. The molecule has 0 saturated heterocycles. The summed E-state index contributed by atoms with van der Waals surface area (Å²) in [6, 6.07) is 4.60. The number of alkyl halides is 3. The van der Waals surface area contributed by atoms with Gasteiger partial charge in [-0.3, -0.25) is 4.99 Å². The molecule has 1 fully saturated rings. The molecule has 1 aromatic rings. The highest BCUT2D eigenvalue weighted by Crippen LogP contribution is 2.44. The molecule has 0 amide bonds. The Labute approximate surface area is 175 Å². The molecule has 6 nitrogen and oxygen atoms in total. The Balaban J connectivity index is 1.82. The number of aliphatic hydroxyl groups excluding tert-OH is 1. The predicted molar refractivity (Wildman–Crippen MR) is 110 cm³/mol. The summed E-state index contributed by atoms with van der Waals surface area (Å²) >= 11 is 0. The van der Waals surface area contributed by atoms with Crippen molar-refractivity contribution in [3.63, 3.8) is 0 Å². The molecule has 0 heterocycles. The van der Waals surface area contributed by atoms with Crippen molar-refractivity contribution in [3.8, 4) is 5.75 Å². The summed E-state index contributed by atoms with van der Waals surface area (Å²) in [5.41, 5.74) is -0.601. The molecule has 1 atom stereocenters. The van der Waals surface area contributed by atoms with Crippen molar-refractivity contribution < 1.29 is 27.8 Å². The van der Waals surface area contributed by atoms with Gasteiger partial charge >= 0.3 is 6.18 Å². The Bertz CT molecular complexity index is 679. The Kier molecular flexibility index (Phi) is 9.23. The number of nitrogens with one attached hydrogen (secondary N) is 2. The van der Waals surface area contributed by atoms with Crippen molar-refractivity contribution in [3.05, 3.63) is 29.8 Å². The van der Waals surface area contributed by atoms with Gasteiger partial charge in [-0.1, -0.05) is 12.5 Å². The zero-order valence-corrected chi connectivity index (χ0v) is 17.6. The second kappa shape index (κ2) is 11.4. The summed E-state index contributed by atoms with van der Waals surface area (Å²) < 4.78 is 48.8. The first-order valence-electron chi connectivity index (χ1n) is 10.3. The lowest BCUT2D eigenvalue weighted by Gasteiger charge is -2.40. The number of ether oxygens (including phenoxy) is 2. The minimum absolute atomic E-state index is 0.0644. The lowest BCUT2D eigenvalue weighted by atomic mass is 9.67. The van der Waals surface area contributed by atoms with E-state index < -0.39 is 17.8 Å². The number of benzene rings is 1. The van der Waals surface area contributed by atoms with Crippen LogP contribution in [0.2, 0.25) is 0 Å². The van der Waals surface area contributed by atoms with Crippen molar-refractivity contribution in [2.24, 2.45) is 10.4 Å². The van der Waals surface area contributed by atoms with Crippen LogP contribution in [0.4, 0.5) is 13.2 Å². The fourth-order valence-electron chi connectivity index (χ4n) is 3.30. The van der Waals surface area contributed by atoms with Crippen LogP contribution < -0.4 is 15.4 Å². The summed E-state index contributed by atoms with van der Waals surface area (Å²) in [5, 5.41) is 16.4. The summed E-state index contributed by atoms with van der Waals surface area (Å²) in [5.74, 6) is 0.661. The molecule has 0 radical (unpaired) electrons. The average molecular weight is 431 g/mol. The SMILES string of the molecule is CCNC(=NCC1(CCOC)CCC1)NCC(O)COc1cccc(C(F)(F)F)c1. The van der Waals surface area contributed by atoms with E-state index in [2.05, 4.69) is 15.6 Å². The predicted octanol–water partition coefficient (Wildman–Crippen LogP) is 3.21. The first-order valence-corrected chi connectivity index (χ1v) is 10.3. The van der Waals surface area contributed by atoms with Crippen LogP contribution in [0.25, 0.3) is 0 Å². The van der Waals surface area contributed by atoms with Gasteiger partial charge in [-0.05, 0) is 49.8 Å². The zero-order valence-electron chi connectivity index (χ0n) is 17.6. The molecular weight excluding hydrogens is 399 g/mol. The first-order chi connectivity index (χ1) is 14.3. The second-order valence-corrected chi connectivity index (χ2v) is 7.66. The lowest BCUT2D eigenvalue weighted by Crippen LogP contribution is -2.44. The van der Waals surface area contributed by atoms with Crippen LogP contribution in [-0.2, 0) is 10.9 Å². The van der Waals surface area contributed by atoms with Gasteiger partial charge in [-0.25, -0.2) is 0 Å². The van der Waals surface area contributed by atoms with E-state index in [1.807, 2.05) is 6.92 Å². The Morgan fingerprint density at radius 2 is 2.07 bits per heavy atom. The van der Waals surface area contributed by atoms with E-state index in [1.54, 1.807) is 7.11 Å². The van der Waals surface area contributed by atoms with Gasteiger partial charge in [0, 0.05) is 33.4 Å². The van der Waals surface area contributed by atoms with Gasteiger partial charge in [0.25, 0.3) is 0 Å². The number of rotatable bonds is 11. The number of aliphatic imine (C=N–C) groups is 1. The van der Waals surface area contributed by atoms with Crippen molar-refractivity contribution in [2.45, 2.75) is 44.9 Å². The van der Waals surface area contributed by atoms with Gasteiger partial charge in [0.15, 0.2) is 5.96 Å². The molecule has 0 spiro atoms. The fourth-order valence-corrected chi connectivity index (χ4v) is 3.30. The Morgan fingerprint density at radius 1 is 1.30 bits per heavy atom. The van der Waals surface area contributed by atoms with Crippen LogP contribution in [0.15, 0.2) is 29.3 Å². The van der Waals surface area contributed by atoms with Crippen molar-refractivity contribution >= 4 is 5.96 Å². The Hall–Kier alpha value is -2.00. The van der Waals surface area contributed by atoms with Crippen LogP contribution >= 0.6 is 0 Å². The molecule has 1 saturated carbocycles. The van der Waals surface area contributed by atoms with E-state index in [4.69, 9.17) is 9.47 Å². The molecule has 0 bridgehead atoms. The maximum Gasteiger partial charge on any atom is 0.416 e. The molecule has 0 aromatic heterocycles. The van der Waals surface area contributed by atoms with E-state index in [1.165, 1.54) is 18.6 Å². The quantitative estimate of drug-likeness (QED) is 0.371. The second-order valence-electron chi connectivity index (χ2n) is 7.66. The number of methoxy groups -OCH3 is 1. The molecule has 1 aromatic carbocycles. The maximum atomic E-state index is 12.8. The number of hydrogen-bond donors (Lipinski definition) is 3. The topological polar surface area (TPSA) is 75.1 Å². The monoisotopic (exact) mass is 431 g/mol. The van der Waals surface area contributed by atoms with Crippen LogP contribution in [0.1, 0.15) is 38.2 Å². The van der Waals surface area contributed by atoms with Gasteiger partial charge < -0.3 is 25.2 Å². The van der Waals surface area contributed by atoms with Crippen LogP contribution in [0, 0.1) is 5.41 Å². The summed E-state index contributed by atoms with van der Waals surface area (Å²) in [6.45, 7) is 4.05. The highest BCUT2D eigenvalue weighted by atomic mass is 19.4. The third-order valence-corrected chi connectivity index (χ3v) is 5.28. The zero-order chi connectivity index (χ0) is 22.0. The molecule has 30 heavy (non-hydrogen) atoms. The highest BCUT2D eigenvalue weighted by Gasteiger charge is 2.36. The number of nitrogens with zero attached hydrogens (tertiary/aromatic N) is 1. The van der Waals surface area contributed by atoms with Crippen molar-refractivity contribution in [1.82, 2.24) is 10.6 Å². The van der Waals surface area contributed by atoms with Crippen molar-refractivity contribution in [2.75, 3.05) is 40.0 Å². The average Bonchev–Trinajstić information content (AvgIpc) is 2.68. The maximum absolute atomic E-state index is 12.8. The Morgan fingerprint density at radius 3 is 2.67 bits per heavy atom. The summed E-state index contributed by atoms with van der Waals surface area (Å²) in [7, 11) is 1.70. The van der Waals surface area contributed by atoms with E-state index in [9.17, 15) is 18.3 Å². The third-order valence-electron chi connectivity index (χ3n) is 5.28. The summed E-state index contributed by atoms with van der Waals surface area (Å²) in [4.78, 5) is 4.65.